The standard InChI is InChI=1S/C14H17IN2O4/c1-21-14(18)9-2-4-10(5-3-9)16-13-7-6-11(17(19)20)8-12(13)15/h6-10,16H,2-5H2,1H3. The average molecular weight is 404 g/mol. The molecule has 21 heavy (non-hydrogen) atoms. The molecule has 6 nitrogen and oxygen atoms in total. The van der Waals surface area contributed by atoms with Gasteiger partial charge in [0.2, 0.25) is 0 Å². The van der Waals surface area contributed by atoms with Crippen LogP contribution in [0, 0.1) is 19.6 Å². The summed E-state index contributed by atoms with van der Waals surface area (Å²) in [4.78, 5) is 21.8. The van der Waals surface area contributed by atoms with Crippen LogP contribution in [0.1, 0.15) is 25.7 Å². The lowest BCUT2D eigenvalue weighted by Gasteiger charge is -2.28. The Kier molecular flexibility index (Phi) is 5.38. The zero-order valence-electron chi connectivity index (χ0n) is 11.7. The third-order valence-corrected chi connectivity index (χ3v) is 4.68. The molecule has 1 saturated carbocycles. The third-order valence-electron chi connectivity index (χ3n) is 3.78. The van der Waals surface area contributed by atoms with Gasteiger partial charge in [-0.05, 0) is 54.3 Å². The molecule has 0 amide bonds. The number of halogens is 1. The van der Waals surface area contributed by atoms with Crippen molar-refractivity contribution in [2.45, 2.75) is 31.7 Å². The lowest BCUT2D eigenvalue weighted by atomic mass is 9.86. The van der Waals surface area contributed by atoms with E-state index in [-0.39, 0.29) is 17.6 Å². The highest BCUT2D eigenvalue weighted by Gasteiger charge is 2.27. The molecule has 7 heteroatoms. The first-order valence-electron chi connectivity index (χ1n) is 6.79. The first-order chi connectivity index (χ1) is 10.0. The summed E-state index contributed by atoms with van der Waals surface area (Å²) in [6, 6.07) is 5.10. The minimum Gasteiger partial charge on any atom is -0.469 e. The summed E-state index contributed by atoms with van der Waals surface area (Å²) in [7, 11) is 1.42. The fraction of sp³-hybridized carbons (Fsp3) is 0.500. The van der Waals surface area contributed by atoms with E-state index in [0.717, 1.165) is 34.9 Å². The number of rotatable bonds is 4. The van der Waals surface area contributed by atoms with Gasteiger partial charge >= 0.3 is 5.97 Å². The summed E-state index contributed by atoms with van der Waals surface area (Å²) in [6.45, 7) is 0. The lowest BCUT2D eigenvalue weighted by molar-refractivity contribution is -0.384. The Morgan fingerprint density at radius 1 is 1.38 bits per heavy atom. The number of nitrogens with zero attached hydrogens (tertiary/aromatic N) is 1. The minimum atomic E-state index is -0.395. The van der Waals surface area contributed by atoms with Crippen LogP contribution >= 0.6 is 22.6 Å². The molecule has 0 unspecified atom stereocenters. The number of esters is 1. The van der Waals surface area contributed by atoms with Crippen LogP contribution in [0.2, 0.25) is 0 Å². The Bertz CT molecular complexity index is 542. The summed E-state index contributed by atoms with van der Waals surface area (Å²) in [5.74, 6) is -0.123. The van der Waals surface area contributed by atoms with Gasteiger partial charge in [-0.15, -0.1) is 0 Å². The van der Waals surface area contributed by atoms with Crippen molar-refractivity contribution in [3.63, 3.8) is 0 Å². The van der Waals surface area contributed by atoms with Crippen LogP contribution < -0.4 is 5.32 Å². The second-order valence-corrected chi connectivity index (χ2v) is 6.30. The van der Waals surface area contributed by atoms with Crippen molar-refractivity contribution < 1.29 is 14.5 Å². The van der Waals surface area contributed by atoms with E-state index < -0.39 is 4.92 Å². The number of carbonyl (C=O) groups excluding carboxylic acids is 1. The first kappa shape index (κ1) is 16.0. The zero-order chi connectivity index (χ0) is 15.4. The van der Waals surface area contributed by atoms with Crippen molar-refractivity contribution in [3.8, 4) is 0 Å². The number of nitrogens with one attached hydrogen (secondary N) is 1. The van der Waals surface area contributed by atoms with Crippen LogP contribution in [0.5, 0.6) is 0 Å². The Hall–Kier alpha value is -1.38. The van der Waals surface area contributed by atoms with Crippen molar-refractivity contribution >= 4 is 39.9 Å². The molecule has 0 spiro atoms. The summed E-state index contributed by atoms with van der Waals surface area (Å²) in [5.41, 5.74) is 1.00. The molecule has 114 valence electrons. The Morgan fingerprint density at radius 2 is 2.05 bits per heavy atom. The van der Waals surface area contributed by atoms with Crippen LogP contribution in [0.3, 0.4) is 0 Å². The molecule has 0 atom stereocenters. The number of nitro benzene ring substituents is 1. The van der Waals surface area contributed by atoms with E-state index in [2.05, 4.69) is 27.9 Å². The van der Waals surface area contributed by atoms with E-state index in [4.69, 9.17) is 4.74 Å². The van der Waals surface area contributed by atoms with Crippen molar-refractivity contribution in [1.29, 1.82) is 0 Å². The summed E-state index contributed by atoms with van der Waals surface area (Å²) < 4.78 is 5.60. The highest BCUT2D eigenvalue weighted by atomic mass is 127. The molecular formula is C14H17IN2O4. The van der Waals surface area contributed by atoms with Crippen molar-refractivity contribution in [2.24, 2.45) is 5.92 Å². The zero-order valence-corrected chi connectivity index (χ0v) is 13.8. The third kappa shape index (κ3) is 4.05. The summed E-state index contributed by atoms with van der Waals surface area (Å²) in [5, 5.41) is 14.1. The molecule has 1 aliphatic carbocycles. The molecule has 1 aliphatic rings. The lowest BCUT2D eigenvalue weighted by Crippen LogP contribution is -2.30. The number of anilines is 1. The maximum Gasteiger partial charge on any atom is 0.308 e. The number of nitro groups is 1. The number of methoxy groups -OCH3 is 1. The molecule has 1 fully saturated rings. The van der Waals surface area contributed by atoms with Crippen LogP contribution in [-0.4, -0.2) is 24.0 Å². The molecule has 1 aromatic rings. The van der Waals surface area contributed by atoms with Crippen LogP contribution in [0.25, 0.3) is 0 Å². The molecule has 0 aromatic heterocycles. The maximum atomic E-state index is 11.5. The smallest absolute Gasteiger partial charge is 0.308 e. The fourth-order valence-corrected chi connectivity index (χ4v) is 3.25. The monoisotopic (exact) mass is 404 g/mol. The predicted molar refractivity (Wildman–Crippen MR) is 87.2 cm³/mol. The van der Waals surface area contributed by atoms with Crippen LogP contribution in [0.4, 0.5) is 11.4 Å². The number of hydrogen-bond acceptors (Lipinski definition) is 5. The second kappa shape index (κ2) is 7.06. The molecule has 1 N–H and O–H groups in total. The molecule has 0 radical (unpaired) electrons. The molecule has 2 rings (SSSR count). The number of benzene rings is 1. The van der Waals surface area contributed by atoms with Gasteiger partial charge in [-0.1, -0.05) is 0 Å². The van der Waals surface area contributed by atoms with E-state index in [1.807, 2.05) is 0 Å². The SMILES string of the molecule is COC(=O)C1CCC(Nc2ccc([N+](=O)[O-])cc2I)CC1. The van der Waals surface area contributed by atoms with Gasteiger partial charge in [-0.3, -0.25) is 14.9 Å². The van der Waals surface area contributed by atoms with E-state index >= 15 is 0 Å². The first-order valence-corrected chi connectivity index (χ1v) is 7.87. The largest absolute Gasteiger partial charge is 0.469 e. The van der Waals surface area contributed by atoms with Crippen molar-refractivity contribution in [1.82, 2.24) is 0 Å². The second-order valence-electron chi connectivity index (χ2n) is 5.14. The van der Waals surface area contributed by atoms with Gasteiger partial charge in [0.25, 0.3) is 5.69 Å². The van der Waals surface area contributed by atoms with Gasteiger partial charge in [0, 0.05) is 27.4 Å². The van der Waals surface area contributed by atoms with Gasteiger partial charge in [0.1, 0.15) is 0 Å². The van der Waals surface area contributed by atoms with Crippen LogP contribution in [0.15, 0.2) is 18.2 Å². The molecule has 0 bridgehead atoms. The number of carbonyl (C=O) groups is 1. The summed E-state index contributed by atoms with van der Waals surface area (Å²) >= 11 is 2.10. The maximum absolute atomic E-state index is 11.5. The normalized spacial score (nSPS) is 21.6. The minimum absolute atomic E-state index is 0.00369. The van der Waals surface area contributed by atoms with Gasteiger partial charge in [-0.25, -0.2) is 0 Å². The molecule has 0 heterocycles. The average Bonchev–Trinajstić information content (AvgIpc) is 2.49. The fourth-order valence-electron chi connectivity index (χ4n) is 2.59. The van der Waals surface area contributed by atoms with Gasteiger partial charge < -0.3 is 10.1 Å². The van der Waals surface area contributed by atoms with E-state index in [9.17, 15) is 14.9 Å². The molecule has 0 saturated heterocycles. The molecule has 0 aliphatic heterocycles. The van der Waals surface area contributed by atoms with Gasteiger partial charge in [-0.2, -0.15) is 0 Å². The quantitative estimate of drug-likeness (QED) is 0.360. The highest BCUT2D eigenvalue weighted by molar-refractivity contribution is 14.1. The number of non-ortho nitro benzene ring substituents is 1. The Balaban J connectivity index is 1.95. The van der Waals surface area contributed by atoms with Gasteiger partial charge in [0.05, 0.1) is 18.0 Å². The highest BCUT2D eigenvalue weighted by Crippen LogP contribution is 2.30. The number of hydrogen-bond donors (Lipinski definition) is 1. The Labute approximate surface area is 136 Å². The van der Waals surface area contributed by atoms with E-state index in [1.54, 1.807) is 12.1 Å². The topological polar surface area (TPSA) is 81.5 Å². The molecule has 1 aromatic carbocycles. The summed E-state index contributed by atoms with van der Waals surface area (Å²) in [6.07, 6.45) is 3.42. The van der Waals surface area contributed by atoms with E-state index in [0.29, 0.717) is 6.04 Å². The van der Waals surface area contributed by atoms with Crippen LogP contribution in [-0.2, 0) is 9.53 Å². The Morgan fingerprint density at radius 3 is 2.57 bits per heavy atom. The molecular weight excluding hydrogens is 387 g/mol. The van der Waals surface area contributed by atoms with Crippen molar-refractivity contribution in [2.75, 3.05) is 12.4 Å². The van der Waals surface area contributed by atoms with Gasteiger partial charge in [0.15, 0.2) is 0 Å². The van der Waals surface area contributed by atoms with Crippen molar-refractivity contribution in [3.05, 3.63) is 31.9 Å². The van der Waals surface area contributed by atoms with E-state index in [1.165, 1.54) is 13.2 Å². The predicted octanol–water partition coefficient (Wildman–Crippen LogP) is 3.34. The number of ether oxygens (including phenoxy) is 1.